The smallest absolute Gasteiger partial charge is 0.252 e. The van der Waals surface area contributed by atoms with Gasteiger partial charge >= 0.3 is 0 Å². The fraction of sp³-hybridized carbons (Fsp3) is 0.476. The number of benzene rings is 1. The molecule has 4 rings (SSSR count). The van der Waals surface area contributed by atoms with E-state index in [0.29, 0.717) is 46.5 Å². The molecule has 31 heavy (non-hydrogen) atoms. The largest absolute Gasteiger partial charge is 0.365 e. The van der Waals surface area contributed by atoms with Gasteiger partial charge in [-0.1, -0.05) is 36.2 Å². The molecule has 166 valence electrons. The lowest BCUT2D eigenvalue weighted by molar-refractivity contribution is -0.160. The van der Waals surface area contributed by atoms with Crippen molar-refractivity contribution >= 4 is 35.0 Å². The first-order valence-corrected chi connectivity index (χ1v) is 10.7. The maximum Gasteiger partial charge on any atom is 0.252 e. The summed E-state index contributed by atoms with van der Waals surface area (Å²) in [6.07, 6.45) is 0.235. The Labute approximate surface area is 188 Å². The lowest BCUT2D eigenvalue weighted by Gasteiger charge is -2.45. The molecule has 2 heterocycles. The quantitative estimate of drug-likeness (QED) is 0.697. The maximum absolute atomic E-state index is 13.2. The van der Waals surface area contributed by atoms with E-state index < -0.39 is 17.2 Å². The van der Waals surface area contributed by atoms with Crippen LogP contribution < -0.4 is 5.73 Å². The Balaban J connectivity index is 1.53. The molecule has 1 saturated carbocycles. The summed E-state index contributed by atoms with van der Waals surface area (Å²) >= 11 is 12.1. The average molecular weight is 471 g/mol. The highest BCUT2D eigenvalue weighted by Crippen LogP contribution is 2.54. The second kappa shape index (κ2) is 7.74. The zero-order valence-corrected chi connectivity index (χ0v) is 18.4. The van der Waals surface area contributed by atoms with Crippen molar-refractivity contribution in [2.75, 3.05) is 6.54 Å². The van der Waals surface area contributed by atoms with Crippen LogP contribution in [0.4, 0.5) is 8.78 Å². The van der Waals surface area contributed by atoms with E-state index in [2.05, 4.69) is 5.10 Å². The molecule has 0 saturated heterocycles. The molecule has 0 unspecified atom stereocenters. The molecule has 0 spiro atoms. The number of aromatic nitrogens is 2. The van der Waals surface area contributed by atoms with E-state index in [1.165, 1.54) is 0 Å². The zero-order chi connectivity index (χ0) is 22.6. The van der Waals surface area contributed by atoms with Crippen molar-refractivity contribution in [3.63, 3.8) is 0 Å². The molecule has 2 aromatic rings. The number of fused-ring (bicyclic) bond motifs is 1. The summed E-state index contributed by atoms with van der Waals surface area (Å²) in [5.74, 6) is -3.40. The van der Waals surface area contributed by atoms with Gasteiger partial charge in [-0.15, -0.1) is 0 Å². The van der Waals surface area contributed by atoms with Gasteiger partial charge in [0.1, 0.15) is 5.69 Å². The van der Waals surface area contributed by atoms with Crippen molar-refractivity contribution in [3.8, 4) is 11.3 Å². The number of carbonyl (C=O) groups excluding carboxylic acids is 2. The third-order valence-corrected chi connectivity index (χ3v) is 6.82. The maximum atomic E-state index is 13.2. The van der Waals surface area contributed by atoms with E-state index in [1.54, 1.807) is 34.7 Å². The van der Waals surface area contributed by atoms with Crippen LogP contribution in [0, 0.1) is 5.41 Å². The van der Waals surface area contributed by atoms with E-state index in [1.807, 2.05) is 0 Å². The number of hydrogen-bond acceptors (Lipinski definition) is 3. The molecule has 0 atom stereocenters. The number of alkyl halides is 2. The van der Waals surface area contributed by atoms with Gasteiger partial charge in [-0.2, -0.15) is 5.10 Å². The first kappa shape index (κ1) is 22.0. The van der Waals surface area contributed by atoms with Gasteiger partial charge in [0.2, 0.25) is 11.8 Å². The summed E-state index contributed by atoms with van der Waals surface area (Å²) in [6.45, 7) is 2.79. The molecule has 2 N–H and O–H groups in total. The summed E-state index contributed by atoms with van der Waals surface area (Å²) < 4.78 is 28.1. The Morgan fingerprint density at radius 1 is 1.19 bits per heavy atom. The van der Waals surface area contributed by atoms with Crippen LogP contribution in [-0.2, 0) is 17.9 Å². The van der Waals surface area contributed by atoms with Crippen molar-refractivity contribution in [1.29, 1.82) is 0 Å². The summed E-state index contributed by atoms with van der Waals surface area (Å²) in [6, 6.07) is 4.93. The van der Waals surface area contributed by atoms with Gasteiger partial charge in [-0.25, -0.2) is 8.78 Å². The molecule has 10 heteroatoms. The van der Waals surface area contributed by atoms with Crippen LogP contribution in [0.2, 0.25) is 10.0 Å². The lowest BCUT2D eigenvalue weighted by atomic mass is 9.65. The minimum absolute atomic E-state index is 0.129. The third-order valence-electron chi connectivity index (χ3n) is 6.09. The second-order valence-electron chi connectivity index (χ2n) is 8.72. The summed E-state index contributed by atoms with van der Waals surface area (Å²) in [5.41, 5.74) is 6.92. The Morgan fingerprint density at radius 3 is 2.52 bits per heavy atom. The highest BCUT2D eigenvalue weighted by molar-refractivity contribution is 6.42. The number of halogens is 4. The predicted octanol–water partition coefficient (Wildman–Crippen LogP) is 4.51. The van der Waals surface area contributed by atoms with Crippen LogP contribution in [0.25, 0.3) is 11.3 Å². The van der Waals surface area contributed by atoms with Crippen molar-refractivity contribution in [3.05, 3.63) is 39.5 Å². The van der Waals surface area contributed by atoms with Crippen molar-refractivity contribution < 1.29 is 18.4 Å². The van der Waals surface area contributed by atoms with Crippen LogP contribution in [0.5, 0.6) is 0 Å². The van der Waals surface area contributed by atoms with Gasteiger partial charge in [0.05, 0.1) is 34.4 Å². The molecule has 1 fully saturated rings. The van der Waals surface area contributed by atoms with Crippen molar-refractivity contribution in [1.82, 2.24) is 14.7 Å². The topological polar surface area (TPSA) is 81.2 Å². The average Bonchev–Trinajstić information content (AvgIpc) is 3.05. The van der Waals surface area contributed by atoms with E-state index in [4.69, 9.17) is 28.9 Å². The van der Waals surface area contributed by atoms with Gasteiger partial charge in [0, 0.05) is 31.4 Å². The lowest BCUT2D eigenvalue weighted by Crippen LogP contribution is -2.45. The summed E-state index contributed by atoms with van der Waals surface area (Å²) in [4.78, 5) is 26.6. The van der Waals surface area contributed by atoms with Crippen molar-refractivity contribution in [2.45, 2.75) is 51.6 Å². The highest BCUT2D eigenvalue weighted by atomic mass is 35.5. The molecule has 6 nitrogen and oxygen atoms in total. The van der Waals surface area contributed by atoms with Gasteiger partial charge in [-0.3, -0.25) is 14.3 Å². The van der Waals surface area contributed by atoms with Gasteiger partial charge in [0.25, 0.3) is 5.91 Å². The molecular weight excluding hydrogens is 449 g/mol. The molecule has 1 aliphatic heterocycles. The van der Waals surface area contributed by atoms with E-state index >= 15 is 0 Å². The van der Waals surface area contributed by atoms with Gasteiger partial charge < -0.3 is 10.6 Å². The predicted molar refractivity (Wildman–Crippen MR) is 113 cm³/mol. The molecule has 1 aliphatic carbocycles. The third kappa shape index (κ3) is 4.28. The van der Waals surface area contributed by atoms with Crippen LogP contribution >= 0.6 is 23.2 Å². The molecule has 2 amide bonds. The van der Waals surface area contributed by atoms with Crippen LogP contribution in [-0.4, -0.2) is 39.0 Å². The highest BCUT2D eigenvalue weighted by Gasteiger charge is 2.53. The first-order valence-electron chi connectivity index (χ1n) is 9.99. The molecular formula is C21H22Cl2F2N4O2. The van der Waals surface area contributed by atoms with Crippen LogP contribution in [0.15, 0.2) is 18.2 Å². The monoisotopic (exact) mass is 470 g/mol. The normalized spacial score (nSPS) is 18.9. The fourth-order valence-corrected chi connectivity index (χ4v) is 4.87. The van der Waals surface area contributed by atoms with Crippen LogP contribution in [0.1, 0.15) is 48.7 Å². The van der Waals surface area contributed by atoms with Crippen LogP contribution in [0.3, 0.4) is 0 Å². The number of nitrogens with zero attached hydrogens (tertiary/aromatic N) is 3. The number of rotatable bonds is 5. The summed E-state index contributed by atoms with van der Waals surface area (Å²) in [5, 5.41) is 5.23. The summed E-state index contributed by atoms with van der Waals surface area (Å²) in [7, 11) is 0. The second-order valence-corrected chi connectivity index (χ2v) is 9.54. The Bertz CT molecular complexity index is 1060. The van der Waals surface area contributed by atoms with Gasteiger partial charge in [0.15, 0.2) is 0 Å². The number of carbonyl (C=O) groups is 2. The first-order chi connectivity index (χ1) is 14.5. The standard InChI is InChI=1S/C21H22Cl2F2N4O2/c1-20(10-21(24,25)11-20)5-4-16(30)28-6-7-29-15(9-28)17(19(26)31)18(27-29)12-2-3-13(22)14(23)8-12/h2-3,8H,4-7,9-11H2,1H3,(H2,26,31). The molecule has 0 bridgehead atoms. The number of hydrogen-bond donors (Lipinski definition) is 1. The fourth-order valence-electron chi connectivity index (χ4n) is 4.58. The minimum Gasteiger partial charge on any atom is -0.365 e. The Kier molecular flexibility index (Phi) is 5.50. The number of amides is 2. The van der Waals surface area contributed by atoms with Crippen molar-refractivity contribution in [2.24, 2.45) is 11.1 Å². The number of primary amides is 1. The molecule has 1 aromatic heterocycles. The molecule has 1 aromatic carbocycles. The van der Waals surface area contributed by atoms with Gasteiger partial charge in [-0.05, 0) is 24.0 Å². The SMILES string of the molecule is CC1(CCC(=O)N2CCn3nc(-c4ccc(Cl)c(Cl)c4)c(C(N)=O)c3C2)CC(F)(F)C1. The van der Waals surface area contributed by atoms with E-state index in [-0.39, 0.29) is 37.3 Å². The molecule has 2 aliphatic rings. The molecule has 0 radical (unpaired) electrons. The Hall–Kier alpha value is -2.19. The Morgan fingerprint density at radius 2 is 1.90 bits per heavy atom. The van der Waals surface area contributed by atoms with E-state index in [9.17, 15) is 18.4 Å². The number of nitrogens with two attached hydrogens (primary N) is 1. The minimum atomic E-state index is -2.62. The zero-order valence-electron chi connectivity index (χ0n) is 16.9. The van der Waals surface area contributed by atoms with E-state index in [0.717, 1.165) is 0 Å².